The lowest BCUT2D eigenvalue weighted by Crippen LogP contribution is -2.49. The van der Waals surface area contributed by atoms with Crippen molar-refractivity contribution in [1.82, 2.24) is 31.2 Å². The zero-order valence-electron chi connectivity index (χ0n) is 23.9. The van der Waals surface area contributed by atoms with Gasteiger partial charge in [-0.15, -0.1) is 11.3 Å². The second-order valence-electron chi connectivity index (χ2n) is 10.4. The number of carbonyl (C=O) groups excluding carboxylic acids is 4. The van der Waals surface area contributed by atoms with Gasteiger partial charge >= 0.3 is 0 Å². The highest BCUT2D eigenvalue weighted by atomic mass is 32.1. The number of fused-ring (bicyclic) bond motifs is 2. The van der Waals surface area contributed by atoms with Gasteiger partial charge in [0.25, 0.3) is 11.8 Å². The predicted molar refractivity (Wildman–Crippen MR) is 158 cm³/mol. The summed E-state index contributed by atoms with van der Waals surface area (Å²) >= 11 is 1.26. The summed E-state index contributed by atoms with van der Waals surface area (Å²) in [5, 5.41) is 13.8. The molecule has 3 heterocycles. The summed E-state index contributed by atoms with van der Waals surface area (Å²) in [7, 11) is 1.49. The zero-order valence-corrected chi connectivity index (χ0v) is 24.7. The second-order valence-corrected chi connectivity index (χ2v) is 11.3. The average molecular weight is 593 g/mol. The molecule has 3 atom stereocenters. The second kappa shape index (κ2) is 14.5. The topological polar surface area (TPSA) is 151 Å². The number of aromatic nitrogens is 2. The van der Waals surface area contributed by atoms with E-state index < -0.39 is 29.9 Å². The Morgan fingerprint density at radius 3 is 2.62 bits per heavy atom. The van der Waals surface area contributed by atoms with Crippen molar-refractivity contribution in [3.63, 3.8) is 0 Å². The van der Waals surface area contributed by atoms with E-state index in [1.165, 1.54) is 30.7 Å². The Bertz CT molecular complexity index is 1400. The molecule has 0 radical (unpaired) electrons. The molecule has 3 aromatic rings. The third kappa shape index (κ3) is 8.12. The maximum atomic E-state index is 13.5. The Balaban J connectivity index is 1.57. The predicted octanol–water partition coefficient (Wildman–Crippen LogP) is 2.80. The summed E-state index contributed by atoms with van der Waals surface area (Å²) < 4.78 is 5.19. The first-order valence-electron chi connectivity index (χ1n) is 13.9. The molecular weight excluding hydrogens is 556 g/mol. The fourth-order valence-electron chi connectivity index (χ4n) is 4.56. The van der Waals surface area contributed by atoms with Crippen LogP contribution in [-0.4, -0.2) is 59.3 Å². The van der Waals surface area contributed by atoms with Gasteiger partial charge in [-0.3, -0.25) is 24.2 Å². The first-order chi connectivity index (χ1) is 20.2. The van der Waals surface area contributed by atoms with Gasteiger partial charge in [0.05, 0.1) is 13.2 Å². The minimum Gasteiger partial charge on any atom is -0.497 e. The smallest absolute Gasteiger partial charge is 0.271 e. The van der Waals surface area contributed by atoms with Crippen molar-refractivity contribution in [2.45, 2.75) is 57.7 Å². The van der Waals surface area contributed by atoms with Gasteiger partial charge in [0.2, 0.25) is 11.8 Å². The van der Waals surface area contributed by atoms with Gasteiger partial charge in [0.1, 0.15) is 34.2 Å². The SMILES string of the molecule is COc1ccnc(C(=O)N[C@H]2CCCCNC(=O)[C@@H](Cc3ccccc3)NC(=O)c3csc(n3)[C@@H](C(C)C)NC2=O)c1. The molecule has 0 spiro atoms. The van der Waals surface area contributed by atoms with Crippen molar-refractivity contribution in [3.05, 3.63) is 76.0 Å². The van der Waals surface area contributed by atoms with E-state index in [1.807, 2.05) is 44.2 Å². The number of hydrogen-bond donors (Lipinski definition) is 4. The summed E-state index contributed by atoms with van der Waals surface area (Å²) in [6, 6.07) is 10.5. The molecule has 0 aliphatic carbocycles. The monoisotopic (exact) mass is 592 g/mol. The quantitative estimate of drug-likeness (QED) is 0.344. The third-order valence-electron chi connectivity index (χ3n) is 6.93. The number of nitrogens with zero attached hydrogens (tertiary/aromatic N) is 2. The maximum Gasteiger partial charge on any atom is 0.271 e. The van der Waals surface area contributed by atoms with Crippen LogP contribution in [0.15, 0.2) is 54.0 Å². The molecule has 42 heavy (non-hydrogen) atoms. The lowest BCUT2D eigenvalue weighted by molar-refractivity contribution is -0.124. The first-order valence-corrected chi connectivity index (χ1v) is 14.8. The Labute approximate surface area is 248 Å². The van der Waals surface area contributed by atoms with Gasteiger partial charge in [0.15, 0.2) is 0 Å². The maximum absolute atomic E-state index is 13.5. The van der Waals surface area contributed by atoms with Gasteiger partial charge in [-0.05, 0) is 36.8 Å². The van der Waals surface area contributed by atoms with Crippen molar-refractivity contribution < 1.29 is 23.9 Å². The number of amides is 4. The van der Waals surface area contributed by atoms with Crippen molar-refractivity contribution in [3.8, 4) is 5.75 Å². The number of benzene rings is 1. The van der Waals surface area contributed by atoms with E-state index in [4.69, 9.17) is 4.74 Å². The van der Waals surface area contributed by atoms with E-state index in [2.05, 4.69) is 31.2 Å². The van der Waals surface area contributed by atoms with Crippen LogP contribution < -0.4 is 26.0 Å². The number of rotatable bonds is 6. The van der Waals surface area contributed by atoms with Crippen molar-refractivity contribution in [1.29, 1.82) is 0 Å². The van der Waals surface area contributed by atoms with Crippen LogP contribution in [0.3, 0.4) is 0 Å². The van der Waals surface area contributed by atoms with Crippen molar-refractivity contribution >= 4 is 35.0 Å². The summed E-state index contributed by atoms with van der Waals surface area (Å²) in [6.07, 6.45) is 3.25. The zero-order chi connectivity index (χ0) is 30.1. The van der Waals surface area contributed by atoms with Crippen LogP contribution in [0, 0.1) is 5.92 Å². The van der Waals surface area contributed by atoms with Gasteiger partial charge in [0, 0.05) is 30.6 Å². The standard InChI is InChI=1S/C30H36N6O5S/c1-18(2)25-30-35-24(17-42-30)29(40)34-23(15-19-9-5-4-6-10-19)26(37)32-13-8-7-11-21(27(38)36-25)33-28(39)22-16-20(41-3)12-14-31-22/h4-6,9-10,12,14,16-18,21,23,25H,7-8,11,13,15H2,1-3H3,(H,32,37)(H,33,39)(H,34,40)(H,36,38)/t21-,23+,25+/m0/s1. The van der Waals surface area contributed by atoms with Gasteiger partial charge < -0.3 is 26.0 Å². The van der Waals surface area contributed by atoms with E-state index in [9.17, 15) is 19.2 Å². The van der Waals surface area contributed by atoms with Gasteiger partial charge in [-0.25, -0.2) is 4.98 Å². The van der Waals surface area contributed by atoms with Crippen LogP contribution in [0.4, 0.5) is 0 Å². The summed E-state index contributed by atoms with van der Waals surface area (Å²) in [4.78, 5) is 61.5. The Morgan fingerprint density at radius 1 is 1.10 bits per heavy atom. The minimum atomic E-state index is -0.857. The number of hydrogen-bond acceptors (Lipinski definition) is 8. The molecule has 1 aromatic carbocycles. The molecule has 11 nitrogen and oxygen atoms in total. The molecule has 4 amide bonds. The number of pyridine rings is 1. The molecule has 222 valence electrons. The highest BCUT2D eigenvalue weighted by molar-refractivity contribution is 7.09. The Kier molecular flexibility index (Phi) is 10.6. The van der Waals surface area contributed by atoms with Crippen LogP contribution in [0.1, 0.15) is 70.7 Å². The van der Waals surface area contributed by atoms with E-state index in [0.29, 0.717) is 43.0 Å². The normalized spacial score (nSPS) is 20.3. The Hall–Kier alpha value is -4.32. The summed E-state index contributed by atoms with van der Waals surface area (Å²) in [6.45, 7) is 4.23. The molecule has 12 heteroatoms. The number of thiazole rings is 1. The summed E-state index contributed by atoms with van der Waals surface area (Å²) in [5.41, 5.74) is 1.21. The van der Waals surface area contributed by atoms with Crippen LogP contribution in [-0.2, 0) is 16.0 Å². The molecule has 4 rings (SSSR count). The number of ether oxygens (including phenoxy) is 1. The highest BCUT2D eigenvalue weighted by Gasteiger charge is 2.29. The van der Waals surface area contributed by atoms with Crippen LogP contribution in [0.25, 0.3) is 0 Å². The number of nitrogens with one attached hydrogen (secondary N) is 4. The van der Waals surface area contributed by atoms with E-state index in [-0.39, 0.29) is 29.1 Å². The van der Waals surface area contributed by atoms with Crippen LogP contribution >= 0.6 is 11.3 Å². The number of methoxy groups -OCH3 is 1. The number of carbonyl (C=O) groups is 4. The first kappa shape index (κ1) is 30.6. The molecule has 1 aliphatic rings. The average Bonchev–Trinajstić information content (AvgIpc) is 3.48. The molecule has 0 unspecified atom stereocenters. The largest absolute Gasteiger partial charge is 0.497 e. The van der Waals surface area contributed by atoms with Crippen LogP contribution in [0.2, 0.25) is 0 Å². The Morgan fingerprint density at radius 2 is 1.88 bits per heavy atom. The third-order valence-corrected chi connectivity index (χ3v) is 7.86. The molecule has 2 bridgehead atoms. The molecule has 0 saturated carbocycles. The molecule has 1 aliphatic heterocycles. The summed E-state index contributed by atoms with van der Waals surface area (Å²) in [5.74, 6) is -1.22. The molecule has 2 aromatic heterocycles. The van der Waals surface area contributed by atoms with Gasteiger partial charge in [-0.1, -0.05) is 44.2 Å². The lowest BCUT2D eigenvalue weighted by Gasteiger charge is -2.25. The molecular formula is C30H36N6O5S. The lowest BCUT2D eigenvalue weighted by atomic mass is 10.0. The van der Waals surface area contributed by atoms with Crippen molar-refractivity contribution in [2.24, 2.45) is 5.92 Å². The van der Waals surface area contributed by atoms with E-state index >= 15 is 0 Å². The fourth-order valence-corrected chi connectivity index (χ4v) is 5.59. The van der Waals surface area contributed by atoms with Crippen LogP contribution in [0.5, 0.6) is 5.75 Å². The highest BCUT2D eigenvalue weighted by Crippen LogP contribution is 2.26. The molecule has 4 N–H and O–H groups in total. The van der Waals surface area contributed by atoms with E-state index in [0.717, 1.165) is 5.56 Å². The van der Waals surface area contributed by atoms with Gasteiger partial charge in [-0.2, -0.15) is 0 Å². The molecule has 0 saturated heterocycles. The minimum absolute atomic E-state index is 0.0529. The van der Waals surface area contributed by atoms with E-state index in [1.54, 1.807) is 11.4 Å². The fraction of sp³-hybridized carbons (Fsp3) is 0.400. The van der Waals surface area contributed by atoms with Crippen molar-refractivity contribution in [2.75, 3.05) is 13.7 Å². The molecule has 0 fully saturated rings.